The Balaban J connectivity index is 1.55. The molecule has 1 amide bonds. The van der Waals surface area contributed by atoms with Gasteiger partial charge in [0, 0.05) is 23.3 Å². The van der Waals surface area contributed by atoms with Crippen LogP contribution in [-0.4, -0.2) is 33.4 Å². The normalized spacial score (nSPS) is 18.5. The molecular formula is C22H24N2O5S. The predicted octanol–water partition coefficient (Wildman–Crippen LogP) is 3.35. The molecule has 0 aromatic heterocycles. The summed E-state index contributed by atoms with van der Waals surface area (Å²) in [5, 5.41) is 0. The molecule has 2 aliphatic rings. The lowest BCUT2D eigenvalue weighted by Crippen LogP contribution is -2.42. The quantitative estimate of drug-likeness (QED) is 0.738. The van der Waals surface area contributed by atoms with Crippen molar-refractivity contribution in [3.63, 3.8) is 0 Å². The summed E-state index contributed by atoms with van der Waals surface area (Å²) in [6.45, 7) is 1.99. The van der Waals surface area contributed by atoms with Crippen LogP contribution in [0.4, 0.5) is 11.4 Å². The van der Waals surface area contributed by atoms with Gasteiger partial charge in [-0.2, -0.15) is 0 Å². The minimum absolute atomic E-state index is 0.0184. The molecule has 4 rings (SSSR count). The summed E-state index contributed by atoms with van der Waals surface area (Å²) < 4.78 is 32.9. The Bertz CT molecular complexity index is 1090. The molecule has 7 nitrogen and oxygen atoms in total. The maximum atomic E-state index is 12.9. The number of benzene rings is 2. The highest BCUT2D eigenvalue weighted by molar-refractivity contribution is 7.92. The highest BCUT2D eigenvalue weighted by Gasteiger charge is 2.37. The van der Waals surface area contributed by atoms with E-state index in [1.165, 1.54) is 37.4 Å². The van der Waals surface area contributed by atoms with Crippen molar-refractivity contribution in [2.45, 2.75) is 43.5 Å². The van der Waals surface area contributed by atoms with Crippen LogP contribution in [0.3, 0.4) is 0 Å². The number of fused-ring (bicyclic) bond motifs is 1. The smallest absolute Gasteiger partial charge is 0.337 e. The van der Waals surface area contributed by atoms with Gasteiger partial charge in [-0.25, -0.2) is 13.2 Å². The van der Waals surface area contributed by atoms with E-state index in [0.29, 0.717) is 17.7 Å². The lowest BCUT2D eigenvalue weighted by Gasteiger charge is -2.32. The van der Waals surface area contributed by atoms with E-state index in [0.717, 1.165) is 30.5 Å². The number of esters is 1. The Hall–Kier alpha value is -2.87. The minimum atomic E-state index is -3.81. The highest BCUT2D eigenvalue weighted by Crippen LogP contribution is 2.38. The van der Waals surface area contributed by atoms with Gasteiger partial charge in [-0.3, -0.25) is 9.52 Å². The number of methoxy groups -OCH3 is 1. The van der Waals surface area contributed by atoms with E-state index in [4.69, 9.17) is 0 Å². The first-order chi connectivity index (χ1) is 14.3. The molecule has 30 heavy (non-hydrogen) atoms. The number of rotatable bonds is 5. The highest BCUT2D eigenvalue weighted by atomic mass is 32.2. The fraction of sp³-hybridized carbons (Fsp3) is 0.364. The van der Waals surface area contributed by atoms with Crippen molar-refractivity contribution in [1.82, 2.24) is 0 Å². The van der Waals surface area contributed by atoms with Crippen molar-refractivity contribution >= 4 is 33.3 Å². The molecule has 2 aromatic carbocycles. The van der Waals surface area contributed by atoms with Gasteiger partial charge in [0.25, 0.3) is 10.0 Å². The molecule has 8 heteroatoms. The van der Waals surface area contributed by atoms with E-state index in [2.05, 4.69) is 9.46 Å². The van der Waals surface area contributed by atoms with Crippen LogP contribution in [0.1, 0.15) is 42.1 Å². The number of ether oxygens (including phenoxy) is 1. The second-order valence-electron chi connectivity index (χ2n) is 7.85. The summed E-state index contributed by atoms with van der Waals surface area (Å²) in [6.07, 6.45) is 3.59. The van der Waals surface area contributed by atoms with Crippen LogP contribution in [0.25, 0.3) is 0 Å². The van der Waals surface area contributed by atoms with Crippen LogP contribution in [-0.2, 0) is 26.0 Å². The number of nitrogens with zero attached hydrogens (tertiary/aromatic N) is 1. The SMILES string of the molecule is COC(=O)c1ccc(NS(=O)(=O)c2ccc3c(c2)C[C@H](C)N3C(=O)C2CCC2)cc1. The third kappa shape index (κ3) is 3.67. The molecular weight excluding hydrogens is 404 g/mol. The second-order valence-corrected chi connectivity index (χ2v) is 9.54. The van der Waals surface area contributed by atoms with Crippen LogP contribution < -0.4 is 9.62 Å². The molecule has 1 saturated carbocycles. The summed E-state index contributed by atoms with van der Waals surface area (Å²) in [4.78, 5) is 26.3. The number of sulfonamides is 1. The molecule has 1 aliphatic carbocycles. The number of hydrogen-bond acceptors (Lipinski definition) is 5. The summed E-state index contributed by atoms with van der Waals surface area (Å²) >= 11 is 0. The number of carbonyl (C=O) groups excluding carboxylic acids is 2. The Kier molecular flexibility index (Phi) is 5.27. The monoisotopic (exact) mass is 428 g/mol. The molecule has 1 fully saturated rings. The third-order valence-electron chi connectivity index (χ3n) is 5.83. The van der Waals surface area contributed by atoms with Crippen LogP contribution in [0.5, 0.6) is 0 Å². The van der Waals surface area contributed by atoms with Crippen molar-refractivity contribution in [1.29, 1.82) is 0 Å². The fourth-order valence-electron chi connectivity index (χ4n) is 3.97. The minimum Gasteiger partial charge on any atom is -0.465 e. The third-order valence-corrected chi connectivity index (χ3v) is 7.21. The van der Waals surface area contributed by atoms with Gasteiger partial charge in [-0.15, -0.1) is 0 Å². The number of hydrogen-bond donors (Lipinski definition) is 1. The number of amides is 1. The molecule has 0 radical (unpaired) electrons. The van der Waals surface area contributed by atoms with E-state index in [-0.39, 0.29) is 22.8 Å². The Morgan fingerprint density at radius 3 is 2.40 bits per heavy atom. The molecule has 0 spiro atoms. The topological polar surface area (TPSA) is 92.8 Å². The van der Waals surface area contributed by atoms with Gasteiger partial charge in [-0.05, 0) is 74.2 Å². The zero-order chi connectivity index (χ0) is 21.5. The maximum Gasteiger partial charge on any atom is 0.337 e. The predicted molar refractivity (Wildman–Crippen MR) is 113 cm³/mol. The Morgan fingerprint density at radius 2 is 1.80 bits per heavy atom. The lowest BCUT2D eigenvalue weighted by atomic mass is 9.84. The first-order valence-corrected chi connectivity index (χ1v) is 11.5. The van der Waals surface area contributed by atoms with Crippen LogP contribution in [0.2, 0.25) is 0 Å². The van der Waals surface area contributed by atoms with E-state index in [1.807, 2.05) is 11.8 Å². The van der Waals surface area contributed by atoms with Gasteiger partial charge in [0.05, 0.1) is 17.6 Å². The molecule has 1 atom stereocenters. The first kappa shape index (κ1) is 20.4. The van der Waals surface area contributed by atoms with Gasteiger partial charge in [0.2, 0.25) is 5.91 Å². The van der Waals surface area contributed by atoms with E-state index in [1.54, 1.807) is 12.1 Å². The first-order valence-electron chi connectivity index (χ1n) is 9.97. The van der Waals surface area contributed by atoms with E-state index < -0.39 is 16.0 Å². The average molecular weight is 429 g/mol. The number of nitrogens with one attached hydrogen (secondary N) is 1. The molecule has 0 bridgehead atoms. The van der Waals surface area contributed by atoms with E-state index in [9.17, 15) is 18.0 Å². The fourth-order valence-corrected chi connectivity index (χ4v) is 5.08. The maximum absolute atomic E-state index is 12.9. The Morgan fingerprint density at radius 1 is 1.10 bits per heavy atom. The van der Waals surface area contributed by atoms with Crippen molar-refractivity contribution in [2.75, 3.05) is 16.7 Å². The van der Waals surface area contributed by atoms with Gasteiger partial charge in [-0.1, -0.05) is 6.42 Å². The molecule has 158 valence electrons. The van der Waals surface area contributed by atoms with Gasteiger partial charge < -0.3 is 9.64 Å². The largest absolute Gasteiger partial charge is 0.465 e. The zero-order valence-corrected chi connectivity index (χ0v) is 17.7. The van der Waals surface area contributed by atoms with Gasteiger partial charge >= 0.3 is 5.97 Å². The lowest BCUT2D eigenvalue weighted by molar-refractivity contribution is -0.125. The van der Waals surface area contributed by atoms with Crippen molar-refractivity contribution in [2.24, 2.45) is 5.92 Å². The second kappa shape index (κ2) is 7.75. The summed E-state index contributed by atoms with van der Waals surface area (Å²) in [7, 11) is -2.52. The van der Waals surface area contributed by atoms with Gasteiger partial charge in [0.1, 0.15) is 0 Å². The van der Waals surface area contributed by atoms with Crippen LogP contribution >= 0.6 is 0 Å². The van der Waals surface area contributed by atoms with Gasteiger partial charge in [0.15, 0.2) is 0 Å². The number of carbonyl (C=O) groups is 2. The molecule has 1 heterocycles. The van der Waals surface area contributed by atoms with Crippen LogP contribution in [0.15, 0.2) is 47.4 Å². The van der Waals surface area contributed by atoms with Crippen molar-refractivity contribution in [3.8, 4) is 0 Å². The summed E-state index contributed by atoms with van der Waals surface area (Å²) in [6, 6.07) is 10.9. The van der Waals surface area contributed by atoms with Crippen LogP contribution in [0, 0.1) is 5.92 Å². The molecule has 2 aromatic rings. The summed E-state index contributed by atoms with van der Waals surface area (Å²) in [5.41, 5.74) is 2.35. The zero-order valence-electron chi connectivity index (χ0n) is 16.9. The van der Waals surface area contributed by atoms with E-state index >= 15 is 0 Å². The van der Waals surface area contributed by atoms with Crippen molar-refractivity contribution in [3.05, 3.63) is 53.6 Å². The average Bonchev–Trinajstić information content (AvgIpc) is 3.01. The molecule has 0 unspecified atom stereocenters. The van der Waals surface area contributed by atoms with Crippen molar-refractivity contribution < 1.29 is 22.7 Å². The number of anilines is 2. The Labute approximate surface area is 176 Å². The summed E-state index contributed by atoms with van der Waals surface area (Å²) in [5.74, 6) is -0.249. The standard InChI is InChI=1S/C22H24N2O5S/c1-14-12-17-13-19(10-11-20(17)24(14)21(25)15-4-3-5-15)30(27,28)23-18-8-6-16(7-9-18)22(26)29-2/h6-11,13-15,23H,3-5,12H2,1-2H3/t14-/m0/s1. The molecule has 1 aliphatic heterocycles. The molecule has 0 saturated heterocycles. The molecule has 1 N–H and O–H groups in total.